The topological polar surface area (TPSA) is 24.7 Å². The third-order valence-electron chi connectivity index (χ3n) is 6.43. The summed E-state index contributed by atoms with van der Waals surface area (Å²) in [4.78, 5) is 9.66. The summed E-state index contributed by atoms with van der Waals surface area (Å²) in [6.07, 6.45) is 19.7. The second kappa shape index (κ2) is 20.9. The van der Waals surface area contributed by atoms with Crippen molar-refractivity contribution in [2.24, 2.45) is 9.98 Å². The standard InChI is InChI=1S/C36H48N2/c1-4-7-10-13-15-17-20-32-23-27-34(28-24-32)37-31-36(22-19-12-9-6-3)38-35-29-25-33(26-30-35)21-18-16-14-11-8-5-2/h23-31H,4-16,19,22H2,1-3H3. The fourth-order valence-electron chi connectivity index (χ4n) is 4.06. The minimum Gasteiger partial charge on any atom is -0.255 e. The average molecular weight is 509 g/mol. The molecular formula is C36H48N2. The lowest BCUT2D eigenvalue weighted by atomic mass is 10.1. The molecule has 0 aliphatic heterocycles. The van der Waals surface area contributed by atoms with E-state index in [0.717, 1.165) is 53.9 Å². The van der Waals surface area contributed by atoms with Crippen molar-refractivity contribution >= 4 is 23.3 Å². The van der Waals surface area contributed by atoms with Crippen molar-refractivity contribution in [1.82, 2.24) is 0 Å². The zero-order valence-electron chi connectivity index (χ0n) is 24.2. The molecule has 38 heavy (non-hydrogen) atoms. The van der Waals surface area contributed by atoms with Gasteiger partial charge in [-0.1, -0.05) is 102 Å². The molecule has 0 radical (unpaired) electrons. The van der Waals surface area contributed by atoms with Gasteiger partial charge in [-0.2, -0.15) is 0 Å². The van der Waals surface area contributed by atoms with Gasteiger partial charge in [-0.05, 0) is 74.2 Å². The van der Waals surface area contributed by atoms with Crippen LogP contribution in [0.5, 0.6) is 0 Å². The SMILES string of the molecule is CCCCCCC#Cc1ccc(N=CC(CCCCCC)=Nc2ccc(C#CCCCCCC)cc2)cc1. The van der Waals surface area contributed by atoms with E-state index in [0.29, 0.717) is 0 Å². The van der Waals surface area contributed by atoms with Crippen LogP contribution in [-0.4, -0.2) is 11.9 Å². The van der Waals surface area contributed by atoms with Crippen molar-refractivity contribution in [3.8, 4) is 23.7 Å². The predicted octanol–water partition coefficient (Wildman–Crippen LogP) is 10.8. The molecule has 2 rings (SSSR count). The molecule has 0 fully saturated rings. The van der Waals surface area contributed by atoms with Crippen LogP contribution in [0.2, 0.25) is 0 Å². The Morgan fingerprint density at radius 3 is 1.55 bits per heavy atom. The van der Waals surface area contributed by atoms with Crippen molar-refractivity contribution in [3.63, 3.8) is 0 Å². The van der Waals surface area contributed by atoms with E-state index in [-0.39, 0.29) is 0 Å². The lowest BCUT2D eigenvalue weighted by Crippen LogP contribution is -1.99. The van der Waals surface area contributed by atoms with Crippen molar-refractivity contribution in [1.29, 1.82) is 0 Å². The molecule has 0 saturated heterocycles. The summed E-state index contributed by atoms with van der Waals surface area (Å²) in [7, 11) is 0. The van der Waals surface area contributed by atoms with Crippen LogP contribution < -0.4 is 0 Å². The first kappa shape index (κ1) is 31.1. The summed E-state index contributed by atoms with van der Waals surface area (Å²) in [5.74, 6) is 13.2. The van der Waals surface area contributed by atoms with Crippen LogP contribution in [0.4, 0.5) is 11.4 Å². The van der Waals surface area contributed by atoms with Gasteiger partial charge in [-0.25, -0.2) is 0 Å². The Balaban J connectivity index is 2.00. The molecule has 0 unspecified atom stereocenters. The molecule has 2 aromatic rings. The molecular weight excluding hydrogens is 460 g/mol. The minimum absolute atomic E-state index is 0.935. The van der Waals surface area contributed by atoms with Gasteiger partial charge in [0.2, 0.25) is 0 Å². The molecule has 0 aliphatic carbocycles. The highest BCUT2D eigenvalue weighted by atomic mass is 14.8. The number of unbranched alkanes of at least 4 members (excludes halogenated alkanes) is 11. The molecule has 2 aromatic carbocycles. The molecule has 0 bridgehead atoms. The molecule has 0 N–H and O–H groups in total. The molecule has 2 heteroatoms. The van der Waals surface area contributed by atoms with Gasteiger partial charge in [0, 0.05) is 30.2 Å². The molecule has 0 saturated carbocycles. The van der Waals surface area contributed by atoms with Gasteiger partial charge in [0.15, 0.2) is 0 Å². The summed E-state index contributed by atoms with van der Waals surface area (Å²) in [6.45, 7) is 6.72. The van der Waals surface area contributed by atoms with Crippen LogP contribution in [0.1, 0.15) is 128 Å². The first-order valence-corrected chi connectivity index (χ1v) is 15.0. The van der Waals surface area contributed by atoms with E-state index < -0.39 is 0 Å². The van der Waals surface area contributed by atoms with Gasteiger partial charge in [0.1, 0.15) is 0 Å². The second-order valence-corrected chi connectivity index (χ2v) is 9.99. The number of nitrogens with zero attached hydrogens (tertiary/aromatic N) is 2. The molecule has 0 amide bonds. The van der Waals surface area contributed by atoms with E-state index in [2.05, 4.69) is 80.9 Å². The Bertz CT molecular complexity index is 1070. The van der Waals surface area contributed by atoms with Gasteiger partial charge in [0.25, 0.3) is 0 Å². The van der Waals surface area contributed by atoms with Crippen molar-refractivity contribution in [2.45, 2.75) is 117 Å². The zero-order valence-corrected chi connectivity index (χ0v) is 24.2. The van der Waals surface area contributed by atoms with Crippen LogP contribution in [0.3, 0.4) is 0 Å². The van der Waals surface area contributed by atoms with E-state index in [1.165, 1.54) is 70.6 Å². The van der Waals surface area contributed by atoms with Crippen LogP contribution in [0.25, 0.3) is 0 Å². The maximum atomic E-state index is 4.93. The summed E-state index contributed by atoms with van der Waals surface area (Å²) in [5, 5.41) is 0. The van der Waals surface area contributed by atoms with Crippen LogP contribution in [0, 0.1) is 23.7 Å². The normalized spacial score (nSPS) is 11.2. The quantitative estimate of drug-likeness (QED) is 0.122. The Morgan fingerprint density at radius 2 is 1.05 bits per heavy atom. The van der Waals surface area contributed by atoms with E-state index in [9.17, 15) is 0 Å². The van der Waals surface area contributed by atoms with Crippen LogP contribution >= 0.6 is 0 Å². The lowest BCUT2D eigenvalue weighted by Gasteiger charge is -2.03. The summed E-state index contributed by atoms with van der Waals surface area (Å²) in [5.41, 5.74) is 5.02. The summed E-state index contributed by atoms with van der Waals surface area (Å²) >= 11 is 0. The minimum atomic E-state index is 0.935. The van der Waals surface area contributed by atoms with Crippen LogP contribution in [-0.2, 0) is 0 Å². The van der Waals surface area contributed by atoms with E-state index in [1.54, 1.807) is 0 Å². The first-order valence-electron chi connectivity index (χ1n) is 15.0. The Hall–Kier alpha value is -3.10. The predicted molar refractivity (Wildman–Crippen MR) is 168 cm³/mol. The smallest absolute Gasteiger partial charge is 0.0634 e. The molecule has 0 atom stereocenters. The highest BCUT2D eigenvalue weighted by Crippen LogP contribution is 2.17. The molecule has 0 spiro atoms. The number of hydrogen-bond donors (Lipinski definition) is 0. The van der Waals surface area contributed by atoms with Crippen molar-refractivity contribution in [2.75, 3.05) is 0 Å². The number of hydrogen-bond acceptors (Lipinski definition) is 2. The monoisotopic (exact) mass is 508 g/mol. The third-order valence-corrected chi connectivity index (χ3v) is 6.43. The fraction of sp³-hybridized carbons (Fsp3) is 0.500. The maximum absolute atomic E-state index is 4.93. The van der Waals surface area contributed by atoms with E-state index in [4.69, 9.17) is 9.98 Å². The van der Waals surface area contributed by atoms with Gasteiger partial charge >= 0.3 is 0 Å². The number of aliphatic imine (C=N–C) groups is 2. The van der Waals surface area contributed by atoms with E-state index >= 15 is 0 Å². The Kier molecular flexibility index (Phi) is 17.1. The molecule has 0 heterocycles. The van der Waals surface area contributed by atoms with Crippen molar-refractivity contribution < 1.29 is 0 Å². The Labute approximate surface area is 233 Å². The number of rotatable bonds is 16. The largest absolute Gasteiger partial charge is 0.255 e. The third kappa shape index (κ3) is 14.6. The Morgan fingerprint density at radius 1 is 0.579 bits per heavy atom. The highest BCUT2D eigenvalue weighted by Gasteiger charge is 2.00. The zero-order chi connectivity index (χ0) is 27.1. The fourth-order valence-corrected chi connectivity index (χ4v) is 4.06. The average Bonchev–Trinajstić information content (AvgIpc) is 2.95. The molecule has 202 valence electrons. The van der Waals surface area contributed by atoms with Gasteiger partial charge in [-0.3, -0.25) is 9.98 Å². The van der Waals surface area contributed by atoms with Crippen LogP contribution in [0.15, 0.2) is 58.5 Å². The molecule has 0 aliphatic rings. The molecule has 0 aromatic heterocycles. The number of benzene rings is 2. The van der Waals surface area contributed by atoms with Crippen molar-refractivity contribution in [3.05, 3.63) is 59.7 Å². The molecule has 2 nitrogen and oxygen atoms in total. The van der Waals surface area contributed by atoms with Gasteiger partial charge < -0.3 is 0 Å². The summed E-state index contributed by atoms with van der Waals surface area (Å²) in [6, 6.07) is 16.5. The first-order chi connectivity index (χ1) is 18.7. The van der Waals surface area contributed by atoms with E-state index in [1.807, 2.05) is 18.3 Å². The lowest BCUT2D eigenvalue weighted by molar-refractivity contribution is 0.679. The van der Waals surface area contributed by atoms with Gasteiger partial charge in [0.05, 0.1) is 17.1 Å². The summed E-state index contributed by atoms with van der Waals surface area (Å²) < 4.78 is 0. The second-order valence-electron chi connectivity index (χ2n) is 9.99. The highest BCUT2D eigenvalue weighted by molar-refractivity contribution is 6.31. The maximum Gasteiger partial charge on any atom is 0.0634 e. The van der Waals surface area contributed by atoms with Gasteiger partial charge in [-0.15, -0.1) is 0 Å².